The summed E-state index contributed by atoms with van der Waals surface area (Å²) in [5, 5.41) is 1.02. The number of pyridine rings is 2. The van der Waals surface area contributed by atoms with Crippen LogP contribution in [0.5, 0.6) is 5.88 Å². The molecule has 0 aliphatic rings. The summed E-state index contributed by atoms with van der Waals surface area (Å²) in [5.41, 5.74) is 8.38. The number of ether oxygens (including phenoxy) is 1. The van der Waals surface area contributed by atoms with Crippen LogP contribution >= 0.6 is 0 Å². The van der Waals surface area contributed by atoms with Gasteiger partial charge in [-0.1, -0.05) is 6.07 Å². The molecule has 20 heavy (non-hydrogen) atoms. The zero-order valence-electron chi connectivity index (χ0n) is 11.0. The molecule has 0 saturated heterocycles. The summed E-state index contributed by atoms with van der Waals surface area (Å²) in [6.45, 7) is 0.560. The van der Waals surface area contributed by atoms with E-state index in [1.807, 2.05) is 48.5 Å². The quantitative estimate of drug-likeness (QED) is 0.737. The van der Waals surface area contributed by atoms with Crippen molar-refractivity contribution >= 4 is 16.6 Å². The molecule has 3 rings (SSSR count). The number of hydrogen-bond donors (Lipinski definition) is 1. The smallest absolute Gasteiger partial charge is 0.213 e. The fraction of sp³-hybridized carbons (Fsp3) is 0.125. The number of rotatable bonds is 4. The van der Waals surface area contributed by atoms with Crippen LogP contribution in [0.4, 0.5) is 5.69 Å². The predicted octanol–water partition coefficient (Wildman–Crippen LogP) is 2.83. The van der Waals surface area contributed by atoms with Crippen molar-refractivity contribution in [2.45, 2.75) is 6.42 Å². The minimum absolute atomic E-state index is 0.560. The van der Waals surface area contributed by atoms with Gasteiger partial charge in [0, 0.05) is 35.5 Å². The highest BCUT2D eigenvalue weighted by Gasteiger charge is 2.00. The second-order valence-corrected chi connectivity index (χ2v) is 4.52. The van der Waals surface area contributed by atoms with E-state index in [1.165, 1.54) is 0 Å². The van der Waals surface area contributed by atoms with E-state index in [-0.39, 0.29) is 0 Å². The van der Waals surface area contributed by atoms with Gasteiger partial charge in [-0.3, -0.25) is 4.98 Å². The van der Waals surface area contributed by atoms with E-state index < -0.39 is 0 Å². The molecule has 0 fully saturated rings. The molecule has 0 aliphatic heterocycles. The number of nitrogens with zero attached hydrogens (tertiary/aromatic N) is 2. The molecule has 0 aliphatic carbocycles. The van der Waals surface area contributed by atoms with E-state index in [4.69, 9.17) is 10.5 Å². The average molecular weight is 265 g/mol. The third kappa shape index (κ3) is 2.85. The lowest BCUT2D eigenvalue weighted by Gasteiger charge is -2.06. The molecule has 3 aromatic rings. The van der Waals surface area contributed by atoms with Crippen molar-refractivity contribution in [1.29, 1.82) is 0 Å². The first-order chi connectivity index (χ1) is 9.81. The van der Waals surface area contributed by atoms with Crippen molar-refractivity contribution in [2.75, 3.05) is 12.3 Å². The Morgan fingerprint density at radius 2 is 2.00 bits per heavy atom. The molecule has 0 spiro atoms. The number of fused-ring (bicyclic) bond motifs is 1. The Balaban J connectivity index is 1.67. The van der Waals surface area contributed by atoms with Gasteiger partial charge in [0.25, 0.3) is 0 Å². The summed E-state index contributed by atoms with van der Waals surface area (Å²) < 4.78 is 5.67. The minimum Gasteiger partial charge on any atom is -0.477 e. The zero-order chi connectivity index (χ0) is 13.8. The molecular formula is C16H15N3O. The fourth-order valence-corrected chi connectivity index (χ4v) is 2.01. The van der Waals surface area contributed by atoms with Gasteiger partial charge in [-0.2, -0.15) is 0 Å². The Hall–Kier alpha value is -2.62. The molecule has 4 nitrogen and oxygen atoms in total. The van der Waals surface area contributed by atoms with Crippen LogP contribution in [0.3, 0.4) is 0 Å². The van der Waals surface area contributed by atoms with Gasteiger partial charge in [-0.25, -0.2) is 4.98 Å². The first-order valence-corrected chi connectivity index (χ1v) is 6.50. The van der Waals surface area contributed by atoms with Crippen LogP contribution in [-0.4, -0.2) is 16.6 Å². The van der Waals surface area contributed by atoms with Crippen molar-refractivity contribution in [3.05, 3.63) is 60.4 Å². The maximum absolute atomic E-state index is 5.74. The van der Waals surface area contributed by atoms with Crippen LogP contribution < -0.4 is 10.5 Å². The van der Waals surface area contributed by atoms with Gasteiger partial charge in [0.15, 0.2) is 0 Å². The van der Waals surface area contributed by atoms with E-state index in [2.05, 4.69) is 9.97 Å². The first kappa shape index (κ1) is 12.4. The van der Waals surface area contributed by atoms with Gasteiger partial charge >= 0.3 is 0 Å². The highest BCUT2D eigenvalue weighted by molar-refractivity contribution is 5.82. The highest BCUT2D eigenvalue weighted by atomic mass is 16.5. The van der Waals surface area contributed by atoms with Crippen LogP contribution in [0.25, 0.3) is 10.9 Å². The average Bonchev–Trinajstić information content (AvgIpc) is 2.48. The van der Waals surface area contributed by atoms with Crippen molar-refractivity contribution < 1.29 is 4.74 Å². The monoisotopic (exact) mass is 265 g/mol. The summed E-state index contributed by atoms with van der Waals surface area (Å²) in [7, 11) is 0. The van der Waals surface area contributed by atoms with Gasteiger partial charge in [-0.15, -0.1) is 0 Å². The normalized spacial score (nSPS) is 10.6. The van der Waals surface area contributed by atoms with Crippen molar-refractivity contribution in [3.63, 3.8) is 0 Å². The summed E-state index contributed by atoms with van der Waals surface area (Å²) >= 11 is 0. The lowest BCUT2D eigenvalue weighted by Crippen LogP contribution is -2.03. The number of nitrogens with two attached hydrogens (primary N) is 1. The molecule has 2 N–H and O–H groups in total. The maximum atomic E-state index is 5.74. The second-order valence-electron chi connectivity index (χ2n) is 4.52. The van der Waals surface area contributed by atoms with Gasteiger partial charge in [0.2, 0.25) is 5.88 Å². The first-order valence-electron chi connectivity index (χ1n) is 6.50. The topological polar surface area (TPSA) is 61.0 Å². The number of aromatic nitrogens is 2. The lowest BCUT2D eigenvalue weighted by molar-refractivity contribution is 0.309. The molecule has 0 bridgehead atoms. The lowest BCUT2D eigenvalue weighted by atomic mass is 10.2. The molecule has 2 heterocycles. The summed E-state index contributed by atoms with van der Waals surface area (Å²) in [5.74, 6) is 0.623. The second kappa shape index (κ2) is 5.57. The Bertz CT molecular complexity index is 713. The maximum Gasteiger partial charge on any atom is 0.213 e. The summed E-state index contributed by atoms with van der Waals surface area (Å²) in [4.78, 5) is 8.70. The largest absolute Gasteiger partial charge is 0.477 e. The fourth-order valence-electron chi connectivity index (χ4n) is 2.01. The molecule has 4 heteroatoms. The zero-order valence-corrected chi connectivity index (χ0v) is 11.0. The highest BCUT2D eigenvalue weighted by Crippen LogP contribution is 2.19. The van der Waals surface area contributed by atoms with Crippen LogP contribution in [0, 0.1) is 0 Å². The molecule has 1 aromatic carbocycles. The minimum atomic E-state index is 0.560. The van der Waals surface area contributed by atoms with E-state index in [0.29, 0.717) is 12.5 Å². The molecule has 100 valence electrons. The predicted molar refractivity (Wildman–Crippen MR) is 79.6 cm³/mol. The van der Waals surface area contributed by atoms with Gasteiger partial charge in [0.1, 0.15) is 0 Å². The van der Waals surface area contributed by atoms with Gasteiger partial charge in [0.05, 0.1) is 12.1 Å². The number of hydrogen-bond acceptors (Lipinski definition) is 4. The molecule has 0 atom stereocenters. The van der Waals surface area contributed by atoms with Crippen LogP contribution in [0.1, 0.15) is 5.69 Å². The van der Waals surface area contributed by atoms with Gasteiger partial charge in [-0.05, 0) is 36.4 Å². The molecule has 0 radical (unpaired) electrons. The third-order valence-corrected chi connectivity index (χ3v) is 3.02. The number of anilines is 1. The summed E-state index contributed by atoms with van der Waals surface area (Å²) in [6, 6.07) is 15.3. The van der Waals surface area contributed by atoms with Crippen LogP contribution in [0.15, 0.2) is 54.7 Å². The Labute approximate surface area is 117 Å². The van der Waals surface area contributed by atoms with Crippen molar-refractivity contribution in [1.82, 2.24) is 9.97 Å². The standard InChI is InChI=1S/C16H15N3O/c17-13-5-6-15-12(11-13)4-7-16(19-15)20-10-8-14-3-1-2-9-18-14/h1-7,9,11H,8,10,17H2. The van der Waals surface area contributed by atoms with Crippen molar-refractivity contribution in [2.24, 2.45) is 0 Å². The van der Waals surface area contributed by atoms with Crippen molar-refractivity contribution in [3.8, 4) is 5.88 Å². The summed E-state index contributed by atoms with van der Waals surface area (Å²) in [6.07, 6.45) is 2.55. The third-order valence-electron chi connectivity index (χ3n) is 3.02. The Morgan fingerprint density at radius 1 is 1.05 bits per heavy atom. The SMILES string of the molecule is Nc1ccc2nc(OCCc3ccccn3)ccc2c1. The van der Waals surface area contributed by atoms with E-state index in [0.717, 1.165) is 28.7 Å². The van der Waals surface area contributed by atoms with E-state index in [9.17, 15) is 0 Å². The van der Waals surface area contributed by atoms with Gasteiger partial charge < -0.3 is 10.5 Å². The number of benzene rings is 1. The van der Waals surface area contributed by atoms with E-state index >= 15 is 0 Å². The number of nitrogen functional groups attached to an aromatic ring is 1. The van der Waals surface area contributed by atoms with Crippen LogP contribution in [-0.2, 0) is 6.42 Å². The van der Waals surface area contributed by atoms with E-state index in [1.54, 1.807) is 6.20 Å². The molecular weight excluding hydrogens is 250 g/mol. The van der Waals surface area contributed by atoms with Crippen LogP contribution in [0.2, 0.25) is 0 Å². The molecule has 0 amide bonds. The molecule has 0 saturated carbocycles. The molecule has 0 unspecified atom stereocenters. The Morgan fingerprint density at radius 3 is 2.85 bits per heavy atom. The Kier molecular flexibility index (Phi) is 3.46. The molecule has 2 aromatic heterocycles.